The normalized spacial score (nSPS) is 10.1. The van der Waals surface area contributed by atoms with Crippen LogP contribution >= 0.6 is 0 Å². The number of nitrogens with zero attached hydrogens (tertiary/aromatic N) is 3. The number of benzene rings is 1. The van der Waals surface area contributed by atoms with Crippen LogP contribution in [0.15, 0.2) is 42.7 Å². The van der Waals surface area contributed by atoms with E-state index in [-0.39, 0.29) is 0 Å². The number of hydrogen-bond donors (Lipinski definition) is 1. The first-order valence-electron chi connectivity index (χ1n) is 5.54. The average Bonchev–Trinajstić information content (AvgIpc) is 2.39. The minimum absolute atomic E-state index is 0.862. The second kappa shape index (κ2) is 4.82. The van der Waals surface area contributed by atoms with Crippen molar-refractivity contribution in [3.8, 4) is 0 Å². The Morgan fingerprint density at radius 3 is 2.59 bits per heavy atom. The molecular weight excluding hydrogens is 212 g/mol. The molecule has 4 heteroatoms. The summed E-state index contributed by atoms with van der Waals surface area (Å²) < 4.78 is 1.99. The molecule has 0 bridgehead atoms. The Labute approximate surface area is 102 Å². The number of nitrogens with one attached hydrogen (secondary N) is 1. The van der Waals surface area contributed by atoms with Crippen LogP contribution in [0.25, 0.3) is 0 Å². The van der Waals surface area contributed by atoms with Gasteiger partial charge in [-0.05, 0) is 12.1 Å². The second-order valence-electron chi connectivity index (χ2n) is 3.89. The van der Waals surface area contributed by atoms with Crippen LogP contribution in [0.5, 0.6) is 0 Å². The quantitative estimate of drug-likeness (QED) is 0.813. The lowest BCUT2D eigenvalue weighted by Crippen LogP contribution is -2.36. The zero-order valence-corrected chi connectivity index (χ0v) is 10.4. The van der Waals surface area contributed by atoms with Crippen LogP contribution in [0, 0.1) is 0 Å². The summed E-state index contributed by atoms with van der Waals surface area (Å²) in [5.74, 6) is 1.94. The van der Waals surface area contributed by atoms with E-state index in [9.17, 15) is 0 Å². The van der Waals surface area contributed by atoms with E-state index in [1.54, 1.807) is 6.33 Å². The average molecular weight is 229 g/mol. The lowest BCUT2D eigenvalue weighted by molar-refractivity contribution is -0.661. The third-order valence-electron chi connectivity index (χ3n) is 2.74. The molecular formula is C13H17N4+. The van der Waals surface area contributed by atoms with Crippen LogP contribution in [0.2, 0.25) is 0 Å². The van der Waals surface area contributed by atoms with Gasteiger partial charge in [-0.2, -0.15) is 0 Å². The first-order chi connectivity index (χ1) is 8.22. The minimum Gasteiger partial charge on any atom is -0.359 e. The van der Waals surface area contributed by atoms with Gasteiger partial charge >= 0.3 is 0 Å². The second-order valence-corrected chi connectivity index (χ2v) is 3.89. The topological polar surface area (TPSA) is 32.0 Å². The Balaban J connectivity index is 2.40. The predicted octanol–water partition coefficient (Wildman–Crippen LogP) is 1.72. The van der Waals surface area contributed by atoms with Crippen LogP contribution < -0.4 is 14.8 Å². The molecule has 0 saturated carbocycles. The fourth-order valence-electron chi connectivity index (χ4n) is 1.72. The zero-order chi connectivity index (χ0) is 12.3. The van der Waals surface area contributed by atoms with Crippen LogP contribution in [-0.4, -0.2) is 19.1 Å². The molecule has 0 saturated heterocycles. The van der Waals surface area contributed by atoms with Gasteiger partial charge in [0, 0.05) is 7.05 Å². The fraction of sp³-hybridized carbons (Fsp3) is 0.231. The molecule has 1 aromatic carbocycles. The van der Waals surface area contributed by atoms with Gasteiger partial charge in [0.25, 0.3) is 0 Å². The molecule has 17 heavy (non-hydrogen) atoms. The molecule has 4 nitrogen and oxygen atoms in total. The molecule has 1 aromatic heterocycles. The van der Waals surface area contributed by atoms with Gasteiger partial charge in [-0.25, -0.2) is 4.57 Å². The van der Waals surface area contributed by atoms with Crippen LogP contribution in [-0.2, 0) is 7.05 Å². The summed E-state index contributed by atoms with van der Waals surface area (Å²) in [5.41, 5.74) is 1.15. The highest BCUT2D eigenvalue weighted by molar-refractivity contribution is 5.58. The van der Waals surface area contributed by atoms with Gasteiger partial charge in [0.05, 0.1) is 25.8 Å². The third-order valence-corrected chi connectivity index (χ3v) is 2.74. The van der Waals surface area contributed by atoms with Gasteiger partial charge in [-0.15, -0.1) is 0 Å². The van der Waals surface area contributed by atoms with Crippen molar-refractivity contribution >= 4 is 17.3 Å². The first-order valence-corrected chi connectivity index (χ1v) is 5.54. The number of aromatic nitrogens is 2. The van der Waals surface area contributed by atoms with E-state index in [2.05, 4.69) is 27.3 Å². The van der Waals surface area contributed by atoms with Crippen LogP contribution in [0.3, 0.4) is 0 Å². The van der Waals surface area contributed by atoms with Crippen molar-refractivity contribution in [3.63, 3.8) is 0 Å². The highest BCUT2D eigenvalue weighted by atomic mass is 15.2. The molecule has 2 rings (SSSR count). The number of rotatable bonds is 3. The van der Waals surface area contributed by atoms with E-state index in [0.29, 0.717) is 0 Å². The minimum atomic E-state index is 0.862. The smallest absolute Gasteiger partial charge is 0.233 e. The summed E-state index contributed by atoms with van der Waals surface area (Å²) in [5, 5.41) is 3.05. The monoisotopic (exact) mass is 229 g/mol. The van der Waals surface area contributed by atoms with Crippen molar-refractivity contribution in [1.29, 1.82) is 0 Å². The number of para-hydroxylation sites is 1. The van der Waals surface area contributed by atoms with E-state index < -0.39 is 0 Å². The number of aryl methyl sites for hydroxylation is 1. The van der Waals surface area contributed by atoms with E-state index in [1.165, 1.54) is 0 Å². The Kier molecular flexibility index (Phi) is 3.23. The van der Waals surface area contributed by atoms with Gasteiger partial charge < -0.3 is 5.32 Å². The summed E-state index contributed by atoms with van der Waals surface area (Å²) in [6.07, 6.45) is 1.81. The van der Waals surface area contributed by atoms with Crippen LogP contribution in [0.1, 0.15) is 0 Å². The third kappa shape index (κ3) is 2.36. The van der Waals surface area contributed by atoms with Gasteiger partial charge in [0.2, 0.25) is 18.0 Å². The number of anilines is 3. The van der Waals surface area contributed by atoms with Crippen molar-refractivity contribution in [2.75, 3.05) is 24.3 Å². The van der Waals surface area contributed by atoms with E-state index in [1.807, 2.05) is 50.0 Å². The van der Waals surface area contributed by atoms with Crippen molar-refractivity contribution in [1.82, 2.24) is 4.98 Å². The SMILES string of the molecule is CNc1cc(N(C)c2ccccc2)[n+](C)cn1. The van der Waals surface area contributed by atoms with Gasteiger partial charge in [-0.3, -0.25) is 4.90 Å². The Bertz CT molecular complexity index is 496. The summed E-state index contributed by atoms with van der Waals surface area (Å²) in [6.45, 7) is 0. The maximum atomic E-state index is 4.26. The maximum Gasteiger partial charge on any atom is 0.233 e. The lowest BCUT2D eigenvalue weighted by atomic mass is 10.3. The molecule has 0 spiro atoms. The van der Waals surface area contributed by atoms with Crippen molar-refractivity contribution in [3.05, 3.63) is 42.7 Å². The Morgan fingerprint density at radius 2 is 1.94 bits per heavy atom. The van der Waals surface area contributed by atoms with Gasteiger partial charge in [0.1, 0.15) is 0 Å². The molecule has 0 radical (unpaired) electrons. The molecule has 0 aliphatic carbocycles. The molecule has 1 heterocycles. The summed E-state index contributed by atoms with van der Waals surface area (Å²) in [4.78, 5) is 6.39. The van der Waals surface area contributed by atoms with E-state index >= 15 is 0 Å². The molecule has 1 N–H and O–H groups in total. The predicted molar refractivity (Wildman–Crippen MR) is 69.5 cm³/mol. The lowest BCUT2D eigenvalue weighted by Gasteiger charge is -2.15. The van der Waals surface area contributed by atoms with Gasteiger partial charge in [-0.1, -0.05) is 23.2 Å². The molecule has 0 fully saturated rings. The van der Waals surface area contributed by atoms with E-state index in [0.717, 1.165) is 17.3 Å². The molecule has 0 unspecified atom stereocenters. The number of hydrogen-bond acceptors (Lipinski definition) is 3. The van der Waals surface area contributed by atoms with Crippen molar-refractivity contribution in [2.24, 2.45) is 7.05 Å². The highest BCUT2D eigenvalue weighted by Gasteiger charge is 2.14. The first kappa shape index (κ1) is 11.4. The summed E-state index contributed by atoms with van der Waals surface area (Å²) in [7, 11) is 5.90. The molecule has 0 aliphatic rings. The summed E-state index contributed by atoms with van der Waals surface area (Å²) >= 11 is 0. The molecule has 0 aliphatic heterocycles. The zero-order valence-electron chi connectivity index (χ0n) is 10.4. The van der Waals surface area contributed by atoms with Crippen molar-refractivity contribution < 1.29 is 4.57 Å². The Hall–Kier alpha value is -2.10. The van der Waals surface area contributed by atoms with E-state index in [4.69, 9.17) is 0 Å². The molecule has 2 aromatic rings. The molecule has 88 valence electrons. The Morgan fingerprint density at radius 1 is 1.24 bits per heavy atom. The highest BCUT2D eigenvalue weighted by Crippen LogP contribution is 2.20. The summed E-state index contributed by atoms with van der Waals surface area (Å²) in [6, 6.07) is 12.3. The standard InChI is InChI=1S/C13H16N4/c1-14-12-9-13(16(2)10-15-12)17(3)11-7-5-4-6-8-11/h4-10H,1-3H3/p+1. The van der Waals surface area contributed by atoms with Gasteiger partial charge in [0.15, 0.2) is 0 Å². The molecule has 0 atom stereocenters. The fourth-order valence-corrected chi connectivity index (χ4v) is 1.72. The van der Waals surface area contributed by atoms with Crippen LogP contribution in [0.4, 0.5) is 17.3 Å². The largest absolute Gasteiger partial charge is 0.359 e. The maximum absolute atomic E-state index is 4.26. The molecule has 0 amide bonds. The van der Waals surface area contributed by atoms with Crippen molar-refractivity contribution in [2.45, 2.75) is 0 Å².